The number of nitrogens with one attached hydrogen (secondary N) is 1. The van der Waals surface area contributed by atoms with Crippen LogP contribution in [0.4, 0.5) is 5.69 Å². The van der Waals surface area contributed by atoms with Crippen molar-refractivity contribution in [1.29, 1.82) is 0 Å². The summed E-state index contributed by atoms with van der Waals surface area (Å²) in [6.07, 6.45) is -1.14. The minimum Gasteiger partial charge on any atom is -0.457 e. The van der Waals surface area contributed by atoms with E-state index >= 15 is 0 Å². The van der Waals surface area contributed by atoms with E-state index in [0.717, 1.165) is 22.3 Å². The number of phosphoric acid groups is 1. The number of carbonyl (C=O) groups excluding carboxylic acids is 2. The van der Waals surface area contributed by atoms with E-state index in [-0.39, 0.29) is 26.2 Å². The van der Waals surface area contributed by atoms with Gasteiger partial charge in [-0.25, -0.2) is 9.36 Å². The second kappa shape index (κ2) is 16.5. The summed E-state index contributed by atoms with van der Waals surface area (Å²) in [7, 11) is -4.28. The molecule has 1 unspecified atom stereocenters. The van der Waals surface area contributed by atoms with Gasteiger partial charge in [-0.05, 0) is 46.5 Å². The van der Waals surface area contributed by atoms with Crippen LogP contribution in [0.3, 0.4) is 0 Å². The number of rotatable bonds is 15. The van der Waals surface area contributed by atoms with Crippen LogP contribution in [0.2, 0.25) is 0 Å². The quantitative estimate of drug-likeness (QED) is 0.0915. The van der Waals surface area contributed by atoms with Gasteiger partial charge in [0.25, 0.3) is 5.91 Å². The average Bonchev–Trinajstić information content (AvgIpc) is 3.11. The zero-order chi connectivity index (χ0) is 32.0. The standard InChI is InChI=1S/C37H34NO7P/c39-36(38-34-23-21-33(22-24-34)37(40)42-26-30-15-7-2-8-16-30)35(25-29-13-5-1-6-14-29)45-46(41,43-27-31-17-9-3-10-18-31)44-28-32-19-11-4-12-20-32/h1-24,35H,25-28H2,(H,38,39). The van der Waals surface area contributed by atoms with Gasteiger partial charge in [0.15, 0.2) is 6.10 Å². The SMILES string of the molecule is O=C(OCc1ccccc1)c1ccc(NC(=O)C(Cc2ccccc2)OP(=O)(OCc2ccccc2)OCc2ccccc2)cc1. The van der Waals surface area contributed by atoms with Crippen molar-refractivity contribution < 1.29 is 32.5 Å². The van der Waals surface area contributed by atoms with Gasteiger partial charge in [-0.2, -0.15) is 0 Å². The molecule has 5 aromatic carbocycles. The third kappa shape index (κ3) is 10.1. The van der Waals surface area contributed by atoms with Gasteiger partial charge in [0.1, 0.15) is 6.61 Å². The number of hydrogen-bond donors (Lipinski definition) is 1. The van der Waals surface area contributed by atoms with Crippen molar-refractivity contribution in [1.82, 2.24) is 0 Å². The van der Waals surface area contributed by atoms with Gasteiger partial charge in [-0.15, -0.1) is 0 Å². The molecule has 0 spiro atoms. The van der Waals surface area contributed by atoms with E-state index in [1.165, 1.54) is 0 Å². The first-order valence-corrected chi connectivity index (χ1v) is 16.2. The number of esters is 1. The largest absolute Gasteiger partial charge is 0.476 e. The molecule has 46 heavy (non-hydrogen) atoms. The van der Waals surface area contributed by atoms with Crippen LogP contribution in [0.25, 0.3) is 0 Å². The Bertz CT molecular complexity index is 1670. The van der Waals surface area contributed by atoms with Crippen LogP contribution in [-0.4, -0.2) is 18.0 Å². The molecule has 8 nitrogen and oxygen atoms in total. The highest BCUT2D eigenvalue weighted by Gasteiger charge is 2.35. The third-order valence-corrected chi connectivity index (χ3v) is 8.28. The molecule has 0 aromatic heterocycles. The molecule has 1 atom stereocenters. The lowest BCUT2D eigenvalue weighted by Crippen LogP contribution is -2.32. The number of benzene rings is 5. The lowest BCUT2D eigenvalue weighted by molar-refractivity contribution is -0.124. The normalized spacial score (nSPS) is 11.8. The van der Waals surface area contributed by atoms with Gasteiger partial charge in [0.2, 0.25) is 0 Å². The van der Waals surface area contributed by atoms with Gasteiger partial charge in [0.05, 0.1) is 18.8 Å². The van der Waals surface area contributed by atoms with Crippen molar-refractivity contribution in [3.8, 4) is 0 Å². The third-order valence-electron chi connectivity index (χ3n) is 6.88. The van der Waals surface area contributed by atoms with E-state index in [1.54, 1.807) is 24.3 Å². The summed E-state index contributed by atoms with van der Waals surface area (Å²) in [6, 6.07) is 43.4. The van der Waals surface area contributed by atoms with Crippen LogP contribution >= 0.6 is 7.82 Å². The fourth-order valence-electron chi connectivity index (χ4n) is 4.43. The molecule has 5 rings (SSSR count). The number of anilines is 1. The van der Waals surface area contributed by atoms with Crippen LogP contribution in [0.15, 0.2) is 146 Å². The van der Waals surface area contributed by atoms with Crippen LogP contribution < -0.4 is 5.32 Å². The van der Waals surface area contributed by atoms with Crippen molar-refractivity contribution in [2.75, 3.05) is 5.32 Å². The highest BCUT2D eigenvalue weighted by atomic mass is 31.2. The van der Waals surface area contributed by atoms with Crippen LogP contribution in [-0.2, 0) is 53.9 Å². The second-order valence-electron chi connectivity index (χ2n) is 10.4. The number of hydrogen-bond acceptors (Lipinski definition) is 7. The molecule has 5 aromatic rings. The van der Waals surface area contributed by atoms with Crippen molar-refractivity contribution >= 4 is 25.4 Å². The highest BCUT2D eigenvalue weighted by Crippen LogP contribution is 2.52. The van der Waals surface area contributed by atoms with Gasteiger partial charge in [-0.1, -0.05) is 121 Å². The maximum absolute atomic E-state index is 14.1. The summed E-state index contributed by atoms with van der Waals surface area (Å²) in [5.74, 6) is -1.05. The van der Waals surface area contributed by atoms with Crippen LogP contribution in [0, 0.1) is 0 Å². The van der Waals surface area contributed by atoms with Gasteiger partial charge >= 0.3 is 13.8 Å². The molecule has 0 saturated heterocycles. The van der Waals surface area contributed by atoms with E-state index in [1.807, 2.05) is 121 Å². The lowest BCUT2D eigenvalue weighted by atomic mass is 10.1. The number of phosphoric ester groups is 1. The van der Waals surface area contributed by atoms with Crippen molar-refractivity contribution in [2.24, 2.45) is 0 Å². The smallest absolute Gasteiger partial charge is 0.457 e. The molecule has 1 amide bonds. The average molecular weight is 636 g/mol. The first-order chi connectivity index (χ1) is 22.5. The molecule has 1 N–H and O–H groups in total. The predicted molar refractivity (Wildman–Crippen MR) is 176 cm³/mol. The molecule has 234 valence electrons. The van der Waals surface area contributed by atoms with Gasteiger partial charge < -0.3 is 10.1 Å². The zero-order valence-corrected chi connectivity index (χ0v) is 26.0. The Balaban J connectivity index is 1.30. The van der Waals surface area contributed by atoms with Crippen molar-refractivity contribution in [2.45, 2.75) is 32.3 Å². The maximum atomic E-state index is 14.1. The molecule has 0 bridgehead atoms. The fourth-order valence-corrected chi connectivity index (χ4v) is 5.73. The minimum atomic E-state index is -4.28. The maximum Gasteiger partial charge on any atom is 0.476 e. The predicted octanol–water partition coefficient (Wildman–Crippen LogP) is 8.15. The van der Waals surface area contributed by atoms with Crippen LogP contribution in [0.1, 0.15) is 32.6 Å². The number of ether oxygens (including phenoxy) is 1. The summed E-state index contributed by atoms with van der Waals surface area (Å²) >= 11 is 0. The van der Waals surface area contributed by atoms with Crippen molar-refractivity contribution in [3.05, 3.63) is 173 Å². The monoisotopic (exact) mass is 635 g/mol. The Hall–Kier alpha value is -4.85. The number of carbonyl (C=O) groups is 2. The Morgan fingerprint density at radius 3 is 1.48 bits per heavy atom. The van der Waals surface area contributed by atoms with E-state index in [4.69, 9.17) is 18.3 Å². The summed E-state index contributed by atoms with van der Waals surface area (Å²) in [5, 5.41) is 2.81. The molecular weight excluding hydrogens is 601 g/mol. The molecule has 0 saturated carbocycles. The first kappa shape index (κ1) is 32.5. The van der Waals surface area contributed by atoms with E-state index in [0.29, 0.717) is 11.3 Å². The Morgan fingerprint density at radius 1 is 0.565 bits per heavy atom. The van der Waals surface area contributed by atoms with Gasteiger partial charge in [0, 0.05) is 12.1 Å². The second-order valence-corrected chi connectivity index (χ2v) is 12.0. The molecule has 0 fully saturated rings. The fraction of sp³-hybridized carbons (Fsp3) is 0.135. The molecule has 0 aliphatic heterocycles. The molecule has 0 heterocycles. The van der Waals surface area contributed by atoms with Crippen molar-refractivity contribution in [3.63, 3.8) is 0 Å². The lowest BCUT2D eigenvalue weighted by Gasteiger charge is -2.24. The minimum absolute atomic E-state index is 0.0472. The zero-order valence-electron chi connectivity index (χ0n) is 25.1. The molecule has 0 aliphatic rings. The van der Waals surface area contributed by atoms with E-state index < -0.39 is 25.8 Å². The summed E-state index contributed by atoms with van der Waals surface area (Å²) < 4.78 is 37.0. The highest BCUT2D eigenvalue weighted by molar-refractivity contribution is 7.48. The Morgan fingerprint density at radius 2 is 1.00 bits per heavy atom. The molecule has 9 heteroatoms. The molecular formula is C37H34NO7P. The molecule has 0 radical (unpaired) electrons. The first-order valence-electron chi connectivity index (χ1n) is 14.8. The van der Waals surface area contributed by atoms with Crippen LogP contribution in [0.5, 0.6) is 0 Å². The number of amides is 1. The van der Waals surface area contributed by atoms with E-state index in [9.17, 15) is 14.2 Å². The van der Waals surface area contributed by atoms with Gasteiger partial charge in [-0.3, -0.25) is 18.4 Å². The summed E-state index contributed by atoms with van der Waals surface area (Å²) in [4.78, 5) is 26.2. The summed E-state index contributed by atoms with van der Waals surface area (Å²) in [5.41, 5.74) is 3.94. The Kier molecular flexibility index (Phi) is 11.6. The molecule has 0 aliphatic carbocycles. The summed E-state index contributed by atoms with van der Waals surface area (Å²) in [6.45, 7) is 0.0538. The topological polar surface area (TPSA) is 100 Å². The van der Waals surface area contributed by atoms with E-state index in [2.05, 4.69) is 5.32 Å². The Labute approximate surface area is 268 Å².